The number of aryl methyl sites for hydroxylation is 2. The van der Waals surface area contributed by atoms with Gasteiger partial charge in [0, 0.05) is 32.2 Å². The first kappa shape index (κ1) is 23.2. The largest absolute Gasteiger partial charge is 0.497 e. The molecule has 35 heavy (non-hydrogen) atoms. The number of hydrogen-bond donors (Lipinski definition) is 0. The van der Waals surface area contributed by atoms with Crippen molar-refractivity contribution in [1.82, 2.24) is 19.7 Å². The number of nitrogens with zero attached hydrogens (tertiary/aromatic N) is 5. The predicted octanol–water partition coefficient (Wildman–Crippen LogP) is 4.23. The fourth-order valence-corrected chi connectivity index (χ4v) is 5.25. The maximum atomic E-state index is 12.8. The Morgan fingerprint density at radius 2 is 1.83 bits per heavy atom. The van der Waals surface area contributed by atoms with Crippen LogP contribution in [0, 0.1) is 13.8 Å². The summed E-state index contributed by atoms with van der Waals surface area (Å²) in [6, 6.07) is 15.6. The number of fused-ring (bicyclic) bond motifs is 1. The molecule has 0 atom stereocenters. The van der Waals surface area contributed by atoms with Crippen LogP contribution in [0.2, 0.25) is 0 Å². The number of benzene rings is 2. The van der Waals surface area contributed by atoms with Crippen LogP contribution in [0.3, 0.4) is 0 Å². The maximum Gasteiger partial charge on any atom is 0.260 e. The standard InChI is InChI=1S/C26H29N5O3S/c1-18-8-10-20(11-9-18)31-25-24(19(2)28-31)35-26(27-25)30-13-5-12-29(14-15-30)23(32)17-34-22-7-4-6-21(16-22)33-3/h4,6-11,16H,5,12-15,17H2,1-3H3. The van der Waals surface area contributed by atoms with Gasteiger partial charge < -0.3 is 19.3 Å². The van der Waals surface area contributed by atoms with E-state index in [1.54, 1.807) is 24.5 Å². The number of carbonyl (C=O) groups is 1. The predicted molar refractivity (Wildman–Crippen MR) is 138 cm³/mol. The minimum Gasteiger partial charge on any atom is -0.497 e. The second kappa shape index (κ2) is 9.95. The van der Waals surface area contributed by atoms with Crippen LogP contribution >= 0.6 is 11.3 Å². The average molecular weight is 492 g/mol. The van der Waals surface area contributed by atoms with Gasteiger partial charge in [0.2, 0.25) is 0 Å². The Kier molecular flexibility index (Phi) is 6.59. The number of carbonyl (C=O) groups excluding carboxylic acids is 1. The van der Waals surface area contributed by atoms with E-state index in [4.69, 9.17) is 19.6 Å². The number of rotatable bonds is 6. The Hall–Kier alpha value is -3.59. The molecule has 0 aliphatic carbocycles. The molecule has 3 heterocycles. The molecule has 1 amide bonds. The van der Waals surface area contributed by atoms with Gasteiger partial charge in [-0.2, -0.15) is 10.1 Å². The van der Waals surface area contributed by atoms with Gasteiger partial charge in [-0.05, 0) is 44.5 Å². The average Bonchev–Trinajstić information content (AvgIpc) is 3.33. The lowest BCUT2D eigenvalue weighted by Crippen LogP contribution is -2.38. The first-order valence-electron chi connectivity index (χ1n) is 11.7. The lowest BCUT2D eigenvalue weighted by atomic mass is 10.2. The third-order valence-corrected chi connectivity index (χ3v) is 7.39. The molecule has 0 spiro atoms. The second-order valence-electron chi connectivity index (χ2n) is 8.67. The molecule has 1 aliphatic rings. The Morgan fingerprint density at radius 1 is 1.03 bits per heavy atom. The Morgan fingerprint density at radius 3 is 2.63 bits per heavy atom. The van der Waals surface area contributed by atoms with Crippen LogP contribution in [0.15, 0.2) is 48.5 Å². The molecule has 4 aromatic rings. The minimum atomic E-state index is -0.00942. The lowest BCUT2D eigenvalue weighted by Gasteiger charge is -2.21. The van der Waals surface area contributed by atoms with Gasteiger partial charge in [0.05, 0.1) is 23.2 Å². The van der Waals surface area contributed by atoms with E-state index >= 15 is 0 Å². The SMILES string of the molecule is COc1cccc(OCC(=O)N2CCCN(c3nc4c(s3)c(C)nn4-c3ccc(C)cc3)CC2)c1. The van der Waals surface area contributed by atoms with Gasteiger partial charge in [0.1, 0.15) is 11.5 Å². The molecule has 9 heteroatoms. The van der Waals surface area contributed by atoms with Gasteiger partial charge in [0.25, 0.3) is 5.91 Å². The topological polar surface area (TPSA) is 72.7 Å². The van der Waals surface area contributed by atoms with Crippen molar-refractivity contribution in [2.45, 2.75) is 20.3 Å². The monoisotopic (exact) mass is 491 g/mol. The minimum absolute atomic E-state index is 0.00942. The first-order valence-corrected chi connectivity index (χ1v) is 12.6. The van der Waals surface area contributed by atoms with Crippen LogP contribution in [0.25, 0.3) is 16.0 Å². The molecular weight excluding hydrogens is 462 g/mol. The Labute approximate surface area is 208 Å². The van der Waals surface area contributed by atoms with E-state index in [0.717, 1.165) is 46.4 Å². The fourth-order valence-electron chi connectivity index (χ4n) is 4.21. The molecule has 1 aliphatic heterocycles. The number of thiazole rings is 1. The summed E-state index contributed by atoms with van der Waals surface area (Å²) in [4.78, 5) is 21.9. The van der Waals surface area contributed by atoms with E-state index in [0.29, 0.717) is 24.6 Å². The number of amides is 1. The molecule has 182 valence electrons. The molecule has 1 saturated heterocycles. The Balaban J connectivity index is 1.25. The van der Waals surface area contributed by atoms with Gasteiger partial charge in [-0.3, -0.25) is 4.79 Å². The van der Waals surface area contributed by atoms with Gasteiger partial charge in [0.15, 0.2) is 17.4 Å². The summed E-state index contributed by atoms with van der Waals surface area (Å²) >= 11 is 1.67. The van der Waals surface area contributed by atoms with Crippen molar-refractivity contribution in [2.24, 2.45) is 0 Å². The smallest absolute Gasteiger partial charge is 0.260 e. The van der Waals surface area contributed by atoms with Crippen LogP contribution in [0.4, 0.5) is 5.13 Å². The maximum absolute atomic E-state index is 12.8. The lowest BCUT2D eigenvalue weighted by molar-refractivity contribution is -0.133. The number of anilines is 1. The van der Waals surface area contributed by atoms with E-state index < -0.39 is 0 Å². The van der Waals surface area contributed by atoms with E-state index in [1.165, 1.54) is 5.56 Å². The summed E-state index contributed by atoms with van der Waals surface area (Å²) in [5, 5.41) is 5.69. The Bertz CT molecular complexity index is 1330. The van der Waals surface area contributed by atoms with Crippen molar-refractivity contribution in [3.8, 4) is 17.2 Å². The number of hydrogen-bond acceptors (Lipinski definition) is 7. The molecule has 0 radical (unpaired) electrons. The zero-order chi connectivity index (χ0) is 24.4. The van der Waals surface area contributed by atoms with E-state index in [2.05, 4.69) is 36.1 Å². The normalized spacial score (nSPS) is 14.3. The van der Waals surface area contributed by atoms with Crippen molar-refractivity contribution < 1.29 is 14.3 Å². The summed E-state index contributed by atoms with van der Waals surface area (Å²) < 4.78 is 14.0. The zero-order valence-corrected chi connectivity index (χ0v) is 21.0. The number of ether oxygens (including phenoxy) is 2. The van der Waals surface area contributed by atoms with Crippen LogP contribution < -0.4 is 14.4 Å². The second-order valence-corrected chi connectivity index (χ2v) is 9.65. The molecule has 2 aromatic carbocycles. The van der Waals surface area contributed by atoms with Crippen molar-refractivity contribution in [1.29, 1.82) is 0 Å². The molecule has 0 unspecified atom stereocenters. The highest BCUT2D eigenvalue weighted by atomic mass is 32.1. The first-order chi connectivity index (χ1) is 17.0. The highest BCUT2D eigenvalue weighted by molar-refractivity contribution is 7.22. The summed E-state index contributed by atoms with van der Waals surface area (Å²) in [7, 11) is 1.61. The van der Waals surface area contributed by atoms with E-state index in [9.17, 15) is 4.79 Å². The molecule has 1 fully saturated rings. The third-order valence-electron chi connectivity index (χ3n) is 6.18. The van der Waals surface area contributed by atoms with Crippen molar-refractivity contribution in [3.05, 3.63) is 59.8 Å². The molecule has 0 N–H and O–H groups in total. The summed E-state index contributed by atoms with van der Waals surface area (Å²) in [5.74, 6) is 1.32. The molecule has 0 saturated carbocycles. The van der Waals surface area contributed by atoms with Crippen molar-refractivity contribution >= 4 is 32.7 Å². The van der Waals surface area contributed by atoms with Gasteiger partial charge in [-0.25, -0.2) is 4.68 Å². The summed E-state index contributed by atoms with van der Waals surface area (Å²) in [6.07, 6.45) is 0.879. The van der Waals surface area contributed by atoms with Gasteiger partial charge in [-0.15, -0.1) is 0 Å². The molecular formula is C26H29N5O3S. The summed E-state index contributed by atoms with van der Waals surface area (Å²) in [5.41, 5.74) is 4.08. The molecule has 5 rings (SSSR count). The van der Waals surface area contributed by atoms with Crippen molar-refractivity contribution in [2.75, 3.05) is 44.8 Å². The van der Waals surface area contributed by atoms with Crippen LogP contribution in [-0.4, -0.2) is 65.5 Å². The fraction of sp³-hybridized carbons (Fsp3) is 0.346. The van der Waals surface area contributed by atoms with Crippen LogP contribution in [-0.2, 0) is 4.79 Å². The molecule has 2 aromatic heterocycles. The zero-order valence-electron chi connectivity index (χ0n) is 20.2. The van der Waals surface area contributed by atoms with E-state index in [1.807, 2.05) is 34.7 Å². The van der Waals surface area contributed by atoms with Gasteiger partial charge in [-0.1, -0.05) is 35.1 Å². The highest BCUT2D eigenvalue weighted by Crippen LogP contribution is 2.33. The third kappa shape index (κ3) is 4.95. The van der Waals surface area contributed by atoms with E-state index in [-0.39, 0.29) is 12.5 Å². The number of aromatic nitrogens is 3. The summed E-state index contributed by atoms with van der Waals surface area (Å²) in [6.45, 7) is 7.05. The van der Waals surface area contributed by atoms with Crippen LogP contribution in [0.1, 0.15) is 17.7 Å². The highest BCUT2D eigenvalue weighted by Gasteiger charge is 2.23. The molecule has 8 nitrogen and oxygen atoms in total. The van der Waals surface area contributed by atoms with Crippen LogP contribution in [0.5, 0.6) is 11.5 Å². The number of methoxy groups -OCH3 is 1. The van der Waals surface area contributed by atoms with Crippen molar-refractivity contribution in [3.63, 3.8) is 0 Å². The molecule has 0 bridgehead atoms. The van der Waals surface area contributed by atoms with Gasteiger partial charge >= 0.3 is 0 Å². The quantitative estimate of drug-likeness (QED) is 0.402.